The van der Waals surface area contributed by atoms with Crippen LogP contribution in [0.4, 0.5) is 17.5 Å². The van der Waals surface area contributed by atoms with Crippen LogP contribution in [0.5, 0.6) is 0 Å². The van der Waals surface area contributed by atoms with Gasteiger partial charge < -0.3 is 20.6 Å². The van der Waals surface area contributed by atoms with Crippen LogP contribution < -0.4 is 15.5 Å². The number of carbonyl (C=O) groups excluding carboxylic acids is 1. The molecule has 0 spiro atoms. The summed E-state index contributed by atoms with van der Waals surface area (Å²) in [5.41, 5.74) is 3.49. The van der Waals surface area contributed by atoms with Gasteiger partial charge in [0.05, 0.1) is 5.92 Å². The number of nitrogens with one attached hydrogen (secondary N) is 2. The maximum absolute atomic E-state index is 12.8. The highest BCUT2D eigenvalue weighted by molar-refractivity contribution is 5.86. The highest BCUT2D eigenvalue weighted by atomic mass is 16.4. The van der Waals surface area contributed by atoms with Crippen molar-refractivity contribution in [2.24, 2.45) is 11.8 Å². The van der Waals surface area contributed by atoms with Crippen molar-refractivity contribution in [1.29, 1.82) is 0 Å². The van der Waals surface area contributed by atoms with Gasteiger partial charge in [0.25, 0.3) is 0 Å². The summed E-state index contributed by atoms with van der Waals surface area (Å²) in [6, 6.07) is 4.44. The maximum Gasteiger partial charge on any atom is 0.308 e. The number of hydrogen-bond donors (Lipinski definition) is 3. The van der Waals surface area contributed by atoms with Crippen LogP contribution in [0.1, 0.15) is 87.4 Å². The molecule has 2 aromatic rings. The first-order valence-electron chi connectivity index (χ1n) is 14.8. The Morgan fingerprint density at radius 3 is 2.64 bits per heavy atom. The summed E-state index contributed by atoms with van der Waals surface area (Å²) in [7, 11) is 0. The van der Waals surface area contributed by atoms with Crippen molar-refractivity contribution in [3.8, 4) is 0 Å². The number of Topliss-reactive ketones (excluding diaryl/α,β-unsaturated/α-hetero) is 1. The monoisotopic (exact) mass is 534 g/mol. The number of anilines is 3. The number of nitrogens with zero attached hydrogens (tertiary/aromatic N) is 4. The molecule has 210 valence electrons. The lowest BCUT2D eigenvalue weighted by Crippen LogP contribution is -2.35. The van der Waals surface area contributed by atoms with Crippen molar-refractivity contribution in [1.82, 2.24) is 15.0 Å². The van der Waals surface area contributed by atoms with E-state index in [-0.39, 0.29) is 24.7 Å². The number of rotatable bonds is 10. The van der Waals surface area contributed by atoms with Gasteiger partial charge in [-0.1, -0.05) is 32.3 Å². The van der Waals surface area contributed by atoms with E-state index >= 15 is 0 Å². The first-order valence-corrected chi connectivity index (χ1v) is 14.8. The van der Waals surface area contributed by atoms with Crippen LogP contribution in [0, 0.1) is 11.8 Å². The molecule has 1 aliphatic carbocycles. The number of carbonyl (C=O) groups is 2. The Bertz CT molecular complexity index is 1160. The van der Waals surface area contributed by atoms with Gasteiger partial charge in [0.1, 0.15) is 29.6 Å². The van der Waals surface area contributed by atoms with Crippen molar-refractivity contribution >= 4 is 29.2 Å². The summed E-state index contributed by atoms with van der Waals surface area (Å²) in [5.74, 6) is 1.48. The van der Waals surface area contributed by atoms with Crippen LogP contribution in [-0.4, -0.2) is 58.0 Å². The lowest BCUT2D eigenvalue weighted by atomic mass is 9.83. The molecule has 1 atom stereocenters. The number of piperidine rings is 1. The number of aryl methyl sites for hydroxylation is 1. The largest absolute Gasteiger partial charge is 0.481 e. The zero-order chi connectivity index (χ0) is 27.2. The van der Waals surface area contributed by atoms with Gasteiger partial charge in [0, 0.05) is 55.7 Å². The van der Waals surface area contributed by atoms with E-state index in [1.807, 2.05) is 0 Å². The fourth-order valence-electron chi connectivity index (χ4n) is 6.41. The summed E-state index contributed by atoms with van der Waals surface area (Å²) in [6.45, 7) is 5.01. The zero-order valence-corrected chi connectivity index (χ0v) is 23.1. The van der Waals surface area contributed by atoms with E-state index in [1.165, 1.54) is 17.7 Å². The summed E-state index contributed by atoms with van der Waals surface area (Å²) in [4.78, 5) is 41.1. The molecule has 1 saturated carbocycles. The van der Waals surface area contributed by atoms with E-state index in [0.29, 0.717) is 11.7 Å². The van der Waals surface area contributed by atoms with Crippen LogP contribution in [0.25, 0.3) is 0 Å². The molecule has 0 radical (unpaired) electrons. The van der Waals surface area contributed by atoms with Crippen molar-refractivity contribution < 1.29 is 14.7 Å². The molecule has 0 unspecified atom stereocenters. The lowest BCUT2D eigenvalue weighted by Gasteiger charge is -2.34. The number of pyridine rings is 1. The third-order valence-electron chi connectivity index (χ3n) is 8.78. The molecule has 9 heteroatoms. The fourth-order valence-corrected chi connectivity index (χ4v) is 6.41. The van der Waals surface area contributed by atoms with Gasteiger partial charge in [-0.05, 0) is 56.6 Å². The second-order valence-electron chi connectivity index (χ2n) is 11.3. The van der Waals surface area contributed by atoms with Crippen LogP contribution in [0.2, 0.25) is 0 Å². The number of carboxylic acids is 1. The van der Waals surface area contributed by atoms with E-state index in [4.69, 9.17) is 4.98 Å². The van der Waals surface area contributed by atoms with E-state index in [9.17, 15) is 14.7 Å². The molecule has 4 heterocycles. The molecule has 5 rings (SSSR count). The molecule has 39 heavy (non-hydrogen) atoms. The second-order valence-corrected chi connectivity index (χ2v) is 11.3. The molecule has 2 aliphatic heterocycles. The maximum atomic E-state index is 12.8. The molecule has 3 N–H and O–H groups in total. The van der Waals surface area contributed by atoms with Crippen LogP contribution in [0.3, 0.4) is 0 Å². The van der Waals surface area contributed by atoms with Crippen molar-refractivity contribution in [3.63, 3.8) is 0 Å². The fraction of sp³-hybridized carbons (Fsp3) is 0.633. The molecule has 3 aliphatic rings. The van der Waals surface area contributed by atoms with E-state index in [2.05, 4.69) is 44.6 Å². The van der Waals surface area contributed by atoms with Crippen molar-refractivity contribution in [2.45, 2.75) is 83.5 Å². The molecular formula is C30H42N6O3. The molecule has 9 nitrogen and oxygen atoms in total. The standard InChI is InChI=1S/C30H42N6O3/c1-2-24-28(32-18-23(30(38)39)17-26(37)21-7-4-3-5-8-21)33-19-34-29(24)36-15-12-20(13-16-36)25-11-10-22-9-6-14-31-27(22)35-25/h10-11,19-21,23H,2-9,12-18H2,1H3,(H,31,35)(H,38,39)(H,32,33,34)/t23-/m0/s1. The lowest BCUT2D eigenvalue weighted by molar-refractivity contribution is -0.143. The minimum Gasteiger partial charge on any atom is -0.481 e. The molecule has 2 aromatic heterocycles. The predicted octanol–water partition coefficient (Wildman–Crippen LogP) is 4.83. The third kappa shape index (κ3) is 6.50. The topological polar surface area (TPSA) is 120 Å². The number of aliphatic carboxylic acids is 1. The van der Waals surface area contributed by atoms with E-state index < -0.39 is 11.9 Å². The van der Waals surface area contributed by atoms with Gasteiger partial charge in [-0.15, -0.1) is 0 Å². The molecule has 2 fully saturated rings. The Balaban J connectivity index is 1.21. The zero-order valence-electron chi connectivity index (χ0n) is 23.1. The second kappa shape index (κ2) is 12.7. The Hall–Kier alpha value is -3.23. The minimum atomic E-state index is -0.938. The summed E-state index contributed by atoms with van der Waals surface area (Å²) in [5, 5.41) is 16.5. The van der Waals surface area contributed by atoms with Gasteiger partial charge in [0.2, 0.25) is 0 Å². The van der Waals surface area contributed by atoms with Crippen LogP contribution in [0.15, 0.2) is 18.5 Å². The van der Waals surface area contributed by atoms with Crippen LogP contribution in [-0.2, 0) is 22.4 Å². The van der Waals surface area contributed by atoms with Gasteiger partial charge in [-0.25, -0.2) is 15.0 Å². The SMILES string of the molecule is CCc1c(NC[C@H](CC(=O)C2CCCCC2)C(=O)O)ncnc1N1CCC(c2ccc3c(n2)NCCC3)CC1. The molecule has 0 aromatic carbocycles. The van der Waals surface area contributed by atoms with Crippen LogP contribution >= 0.6 is 0 Å². The Morgan fingerprint density at radius 2 is 1.90 bits per heavy atom. The Kier molecular flexibility index (Phi) is 8.94. The highest BCUT2D eigenvalue weighted by Gasteiger charge is 2.29. The molecule has 0 bridgehead atoms. The normalized spacial score (nSPS) is 19.2. The third-order valence-corrected chi connectivity index (χ3v) is 8.78. The molecule has 1 saturated heterocycles. The molecule has 0 amide bonds. The summed E-state index contributed by atoms with van der Waals surface area (Å²) < 4.78 is 0. The molecular weight excluding hydrogens is 492 g/mol. The van der Waals surface area contributed by atoms with Gasteiger partial charge in [-0.3, -0.25) is 9.59 Å². The predicted molar refractivity (Wildman–Crippen MR) is 152 cm³/mol. The first-order chi connectivity index (χ1) is 19.0. The number of ketones is 1. The minimum absolute atomic E-state index is 0.0214. The number of fused-ring (bicyclic) bond motifs is 1. The first kappa shape index (κ1) is 27.3. The average molecular weight is 535 g/mol. The average Bonchev–Trinajstić information content (AvgIpc) is 2.99. The van der Waals surface area contributed by atoms with Crippen molar-refractivity contribution in [2.75, 3.05) is 41.7 Å². The van der Waals surface area contributed by atoms with Crippen molar-refractivity contribution in [3.05, 3.63) is 35.3 Å². The number of hydrogen-bond acceptors (Lipinski definition) is 8. The quantitative estimate of drug-likeness (QED) is 0.394. The Labute approximate surface area is 231 Å². The van der Waals surface area contributed by atoms with E-state index in [0.717, 1.165) is 94.6 Å². The summed E-state index contributed by atoms with van der Waals surface area (Å²) >= 11 is 0. The smallest absolute Gasteiger partial charge is 0.308 e. The number of carboxylic acid groups (broad SMARTS) is 1. The highest BCUT2D eigenvalue weighted by Crippen LogP contribution is 2.34. The Morgan fingerprint density at radius 1 is 1.10 bits per heavy atom. The van der Waals surface area contributed by atoms with E-state index in [1.54, 1.807) is 6.33 Å². The summed E-state index contributed by atoms with van der Waals surface area (Å²) in [6.07, 6.45) is 11.7. The number of aromatic nitrogens is 3. The van der Waals surface area contributed by atoms with Gasteiger partial charge in [-0.2, -0.15) is 0 Å². The van der Waals surface area contributed by atoms with Gasteiger partial charge >= 0.3 is 5.97 Å². The van der Waals surface area contributed by atoms with Gasteiger partial charge in [0.15, 0.2) is 0 Å².